The van der Waals surface area contributed by atoms with Gasteiger partial charge in [0.25, 0.3) is 5.91 Å². The van der Waals surface area contributed by atoms with E-state index < -0.39 is 28.7 Å². The van der Waals surface area contributed by atoms with Crippen LogP contribution in [0.5, 0.6) is 5.75 Å². The number of ether oxygens (including phenoxy) is 1. The summed E-state index contributed by atoms with van der Waals surface area (Å²) in [5, 5.41) is 10.7. The van der Waals surface area contributed by atoms with Crippen molar-refractivity contribution in [3.8, 4) is 5.75 Å². The van der Waals surface area contributed by atoms with Gasteiger partial charge in [0.2, 0.25) is 11.8 Å². The number of para-hydroxylation sites is 1. The molecule has 3 saturated heterocycles. The van der Waals surface area contributed by atoms with E-state index in [-0.39, 0.29) is 36.1 Å². The first-order valence-corrected chi connectivity index (χ1v) is 16.5. The van der Waals surface area contributed by atoms with Crippen LogP contribution in [0.3, 0.4) is 0 Å². The summed E-state index contributed by atoms with van der Waals surface area (Å²) in [5.41, 5.74) is 2.11. The summed E-state index contributed by atoms with van der Waals surface area (Å²) in [4.78, 5) is 49.4. The fourth-order valence-corrected chi connectivity index (χ4v) is 9.81. The Morgan fingerprint density at radius 1 is 0.957 bits per heavy atom. The normalized spacial score (nSPS) is 25.1. The number of carbonyl (C=O) groups excluding carboxylic acids is 3. The van der Waals surface area contributed by atoms with Crippen LogP contribution in [-0.4, -0.2) is 70.6 Å². The van der Waals surface area contributed by atoms with Crippen molar-refractivity contribution in [1.82, 2.24) is 4.90 Å². The molecular formula is C37H39N3O5S. The summed E-state index contributed by atoms with van der Waals surface area (Å²) in [5.74, 6) is -1.38. The highest BCUT2D eigenvalue weighted by atomic mass is 32.2. The third-order valence-corrected chi connectivity index (χ3v) is 11.5. The van der Waals surface area contributed by atoms with Crippen LogP contribution in [0.25, 0.3) is 0 Å². The van der Waals surface area contributed by atoms with Gasteiger partial charge in [-0.15, -0.1) is 24.9 Å². The predicted molar refractivity (Wildman–Crippen MR) is 182 cm³/mol. The first-order valence-electron chi connectivity index (χ1n) is 15.6. The maximum Gasteiger partial charge on any atom is 0.251 e. The summed E-state index contributed by atoms with van der Waals surface area (Å²) < 4.78 is 4.50. The molecule has 6 rings (SSSR count). The van der Waals surface area contributed by atoms with E-state index >= 15 is 4.79 Å². The van der Waals surface area contributed by atoms with Gasteiger partial charge in [-0.1, -0.05) is 60.7 Å². The highest BCUT2D eigenvalue weighted by molar-refractivity contribution is 8.02. The molecule has 0 saturated carbocycles. The van der Waals surface area contributed by atoms with Crippen molar-refractivity contribution in [1.29, 1.82) is 0 Å². The molecule has 3 fully saturated rings. The number of aliphatic hydroxyl groups excluding tert-OH is 1. The SMILES string of the molecule is C=CCN(C(=O)C1N([C@H](CO)c2ccccc2)C(=O)[C@@H]2[C@H](C(=O)N(CC=C)c3ccccc3)[C@@H]3CCC12S3)c1ccc(OC)cc1. The lowest BCUT2D eigenvalue weighted by atomic mass is 9.70. The summed E-state index contributed by atoms with van der Waals surface area (Å²) in [6, 6.07) is 24.3. The number of fused-ring (bicyclic) bond motifs is 1. The molecule has 9 heteroatoms. The number of hydrogen-bond donors (Lipinski definition) is 1. The number of thioether (sulfide) groups is 1. The maximum atomic E-state index is 15.0. The number of anilines is 2. The topological polar surface area (TPSA) is 90.4 Å². The largest absolute Gasteiger partial charge is 0.497 e. The molecule has 2 unspecified atom stereocenters. The summed E-state index contributed by atoms with van der Waals surface area (Å²) in [7, 11) is 1.58. The van der Waals surface area contributed by atoms with Crippen molar-refractivity contribution < 1.29 is 24.2 Å². The molecule has 3 aromatic carbocycles. The second-order valence-corrected chi connectivity index (χ2v) is 13.5. The van der Waals surface area contributed by atoms with Crippen molar-refractivity contribution >= 4 is 40.9 Å². The molecule has 3 heterocycles. The Balaban J connectivity index is 1.46. The number of aliphatic hydroxyl groups is 1. The van der Waals surface area contributed by atoms with Gasteiger partial charge >= 0.3 is 0 Å². The lowest BCUT2D eigenvalue weighted by Crippen LogP contribution is -2.56. The van der Waals surface area contributed by atoms with Crippen LogP contribution >= 0.6 is 11.8 Å². The Morgan fingerprint density at radius 2 is 1.54 bits per heavy atom. The van der Waals surface area contributed by atoms with Crippen molar-refractivity contribution in [2.75, 3.05) is 36.6 Å². The molecule has 2 bridgehead atoms. The van der Waals surface area contributed by atoms with E-state index in [4.69, 9.17) is 4.74 Å². The number of rotatable bonds is 12. The molecular weight excluding hydrogens is 598 g/mol. The lowest BCUT2D eigenvalue weighted by Gasteiger charge is -2.39. The molecule has 3 aliphatic heterocycles. The van der Waals surface area contributed by atoms with Gasteiger partial charge in [-0.3, -0.25) is 14.4 Å². The van der Waals surface area contributed by atoms with Gasteiger partial charge in [0.1, 0.15) is 11.8 Å². The number of methoxy groups -OCH3 is 1. The molecule has 238 valence electrons. The Labute approximate surface area is 274 Å². The molecule has 1 spiro atoms. The monoisotopic (exact) mass is 637 g/mol. The van der Waals surface area contributed by atoms with Crippen LogP contribution in [0.1, 0.15) is 24.4 Å². The summed E-state index contributed by atoms with van der Waals surface area (Å²) in [6.07, 6.45) is 4.67. The quantitative estimate of drug-likeness (QED) is 0.273. The number of carbonyl (C=O) groups is 3. The van der Waals surface area contributed by atoms with Crippen LogP contribution in [0.2, 0.25) is 0 Å². The van der Waals surface area contributed by atoms with Gasteiger partial charge in [-0.2, -0.15) is 0 Å². The van der Waals surface area contributed by atoms with Gasteiger partial charge in [0.15, 0.2) is 0 Å². The fraction of sp³-hybridized carbons (Fsp3) is 0.324. The number of nitrogens with zero attached hydrogens (tertiary/aromatic N) is 3. The average Bonchev–Trinajstić information content (AvgIpc) is 3.74. The van der Waals surface area contributed by atoms with E-state index in [0.29, 0.717) is 30.8 Å². The van der Waals surface area contributed by atoms with E-state index in [2.05, 4.69) is 13.2 Å². The van der Waals surface area contributed by atoms with Gasteiger partial charge in [0.05, 0.1) is 36.3 Å². The number of benzene rings is 3. The molecule has 6 atom stereocenters. The van der Waals surface area contributed by atoms with E-state index in [1.165, 1.54) is 0 Å². The number of amides is 3. The van der Waals surface area contributed by atoms with Crippen LogP contribution < -0.4 is 14.5 Å². The second kappa shape index (κ2) is 13.2. The molecule has 8 nitrogen and oxygen atoms in total. The smallest absolute Gasteiger partial charge is 0.251 e. The second-order valence-electron chi connectivity index (χ2n) is 11.9. The van der Waals surface area contributed by atoms with Crippen molar-refractivity contribution in [2.24, 2.45) is 11.8 Å². The number of hydrogen-bond acceptors (Lipinski definition) is 6. The van der Waals surface area contributed by atoms with Gasteiger partial charge in [0, 0.05) is 29.7 Å². The molecule has 0 aliphatic carbocycles. The molecule has 3 amide bonds. The maximum absolute atomic E-state index is 15.0. The van der Waals surface area contributed by atoms with E-state index in [1.807, 2.05) is 72.8 Å². The summed E-state index contributed by atoms with van der Waals surface area (Å²) in [6.45, 7) is 7.94. The molecule has 0 aromatic heterocycles. The highest BCUT2D eigenvalue weighted by Crippen LogP contribution is 2.67. The van der Waals surface area contributed by atoms with Crippen molar-refractivity contribution in [3.63, 3.8) is 0 Å². The Kier molecular flexibility index (Phi) is 9.06. The minimum atomic E-state index is -0.915. The predicted octanol–water partition coefficient (Wildman–Crippen LogP) is 5.26. The highest BCUT2D eigenvalue weighted by Gasteiger charge is 2.74. The van der Waals surface area contributed by atoms with Gasteiger partial charge < -0.3 is 24.5 Å². The van der Waals surface area contributed by atoms with E-state index in [9.17, 15) is 14.7 Å². The molecule has 0 radical (unpaired) electrons. The summed E-state index contributed by atoms with van der Waals surface area (Å²) >= 11 is 1.61. The molecule has 1 N–H and O–H groups in total. The minimum Gasteiger partial charge on any atom is -0.497 e. The Hall–Kier alpha value is -4.34. The van der Waals surface area contributed by atoms with E-state index in [0.717, 1.165) is 11.3 Å². The first kappa shape index (κ1) is 31.6. The van der Waals surface area contributed by atoms with Gasteiger partial charge in [-0.05, 0) is 54.8 Å². The average molecular weight is 638 g/mol. The Morgan fingerprint density at radius 3 is 2.13 bits per heavy atom. The lowest BCUT2D eigenvalue weighted by molar-refractivity contribution is -0.142. The third-order valence-electron chi connectivity index (χ3n) is 9.56. The van der Waals surface area contributed by atoms with Crippen LogP contribution in [0, 0.1) is 11.8 Å². The fourth-order valence-electron chi connectivity index (χ4n) is 7.62. The minimum absolute atomic E-state index is 0.118. The van der Waals surface area contributed by atoms with Gasteiger partial charge in [-0.25, -0.2) is 0 Å². The molecule has 3 aliphatic rings. The van der Waals surface area contributed by atoms with Crippen LogP contribution in [-0.2, 0) is 14.4 Å². The number of likely N-dealkylation sites (tertiary alicyclic amines) is 1. The van der Waals surface area contributed by atoms with Crippen molar-refractivity contribution in [2.45, 2.75) is 34.9 Å². The van der Waals surface area contributed by atoms with E-state index in [1.54, 1.807) is 57.9 Å². The zero-order chi connectivity index (χ0) is 32.4. The van der Waals surface area contributed by atoms with Crippen LogP contribution in [0.4, 0.5) is 11.4 Å². The first-order chi connectivity index (χ1) is 22.4. The third kappa shape index (κ3) is 5.21. The standard InChI is InChI=1S/C37H39N3O5S/c1-4-22-38(26-14-10-7-11-15-26)34(42)31-30-20-21-37(46-30)32(31)35(43)40(29(24-41)25-12-8-6-9-13-25)33(37)36(44)39(23-5-2)27-16-18-28(45-3)19-17-27/h4-19,29-33,41H,1-2,20-24H2,3H3/t29-,30+,31-,32+,33?,37?/m1/s1. The zero-order valence-electron chi connectivity index (χ0n) is 25.9. The van der Waals surface area contributed by atoms with Crippen LogP contribution in [0.15, 0.2) is 110 Å². The molecule has 3 aromatic rings. The molecule has 46 heavy (non-hydrogen) atoms. The zero-order valence-corrected chi connectivity index (χ0v) is 26.7. The Bertz CT molecular complexity index is 1600. The van der Waals surface area contributed by atoms with Crippen molar-refractivity contribution in [3.05, 3.63) is 116 Å².